The minimum absolute atomic E-state index is 0.339. The second kappa shape index (κ2) is 4.99. The van der Waals surface area contributed by atoms with E-state index in [0.29, 0.717) is 12.5 Å². The fraction of sp³-hybridized carbons (Fsp3) is 0.286. The predicted octanol–water partition coefficient (Wildman–Crippen LogP) is 2.87. The Balaban J connectivity index is 2.16. The van der Waals surface area contributed by atoms with Gasteiger partial charge in [0.2, 0.25) is 0 Å². The molecule has 16 heavy (non-hydrogen) atoms. The Morgan fingerprint density at radius 2 is 2.12 bits per heavy atom. The van der Waals surface area contributed by atoms with Gasteiger partial charge in [-0.15, -0.1) is 0 Å². The van der Waals surface area contributed by atoms with Crippen LogP contribution in [0.2, 0.25) is 0 Å². The van der Waals surface area contributed by atoms with E-state index in [0.717, 1.165) is 12.2 Å². The third-order valence-electron chi connectivity index (χ3n) is 2.83. The molecule has 1 atom stereocenters. The molecule has 2 N–H and O–H groups in total. The lowest BCUT2D eigenvalue weighted by Gasteiger charge is -2.14. The molecule has 1 unspecified atom stereocenters. The van der Waals surface area contributed by atoms with Crippen LogP contribution in [0.4, 0.5) is 0 Å². The molecule has 0 aliphatic carbocycles. The predicted molar refractivity (Wildman–Crippen MR) is 65.4 cm³/mol. The van der Waals surface area contributed by atoms with Crippen LogP contribution in [0.5, 0.6) is 0 Å². The standard InChI is InChI=1S/C14H17NO/c1-11-4-2-5-12(8-11)13(10-15)9-14-6-3-7-16-14/h2-8,13H,9-10,15H2,1H3. The lowest BCUT2D eigenvalue weighted by Crippen LogP contribution is -2.14. The normalized spacial score (nSPS) is 12.6. The van der Waals surface area contributed by atoms with Crippen molar-refractivity contribution in [2.24, 2.45) is 5.73 Å². The van der Waals surface area contributed by atoms with Crippen molar-refractivity contribution in [3.63, 3.8) is 0 Å². The molecule has 0 aliphatic rings. The molecule has 2 nitrogen and oxygen atoms in total. The van der Waals surface area contributed by atoms with Crippen molar-refractivity contribution in [2.45, 2.75) is 19.3 Å². The lowest BCUT2D eigenvalue weighted by atomic mass is 9.93. The van der Waals surface area contributed by atoms with Crippen LogP contribution in [0.1, 0.15) is 22.8 Å². The van der Waals surface area contributed by atoms with Crippen molar-refractivity contribution in [3.05, 3.63) is 59.5 Å². The third kappa shape index (κ3) is 2.52. The highest BCUT2D eigenvalue weighted by Crippen LogP contribution is 2.21. The maximum atomic E-state index is 5.83. The Labute approximate surface area is 96.1 Å². The van der Waals surface area contributed by atoms with Crippen LogP contribution in [-0.2, 0) is 6.42 Å². The summed E-state index contributed by atoms with van der Waals surface area (Å²) in [5, 5.41) is 0. The average molecular weight is 215 g/mol. The average Bonchev–Trinajstić information content (AvgIpc) is 2.78. The van der Waals surface area contributed by atoms with E-state index >= 15 is 0 Å². The zero-order valence-electron chi connectivity index (χ0n) is 9.52. The molecule has 0 amide bonds. The summed E-state index contributed by atoms with van der Waals surface area (Å²) in [6.07, 6.45) is 2.58. The molecule has 0 aliphatic heterocycles. The van der Waals surface area contributed by atoms with Gasteiger partial charge in [-0.3, -0.25) is 0 Å². The molecule has 0 saturated heterocycles. The number of benzene rings is 1. The number of rotatable bonds is 4. The van der Waals surface area contributed by atoms with Gasteiger partial charge in [-0.2, -0.15) is 0 Å². The van der Waals surface area contributed by atoms with Crippen LogP contribution < -0.4 is 5.73 Å². The summed E-state index contributed by atoms with van der Waals surface area (Å²) >= 11 is 0. The zero-order chi connectivity index (χ0) is 11.4. The molecule has 0 fully saturated rings. The molecule has 0 saturated carbocycles. The summed E-state index contributed by atoms with van der Waals surface area (Å²) in [6, 6.07) is 12.4. The minimum Gasteiger partial charge on any atom is -0.469 e. The third-order valence-corrected chi connectivity index (χ3v) is 2.83. The van der Waals surface area contributed by atoms with E-state index in [-0.39, 0.29) is 0 Å². The Morgan fingerprint density at radius 3 is 2.75 bits per heavy atom. The van der Waals surface area contributed by atoms with Crippen molar-refractivity contribution in [2.75, 3.05) is 6.54 Å². The second-order valence-electron chi connectivity index (χ2n) is 4.13. The molecule has 2 rings (SSSR count). The van der Waals surface area contributed by atoms with Crippen LogP contribution in [0, 0.1) is 6.92 Å². The maximum Gasteiger partial charge on any atom is 0.104 e. The molecule has 1 heterocycles. The summed E-state index contributed by atoms with van der Waals surface area (Å²) in [5.74, 6) is 1.34. The van der Waals surface area contributed by atoms with Crippen molar-refractivity contribution in [1.82, 2.24) is 0 Å². The Bertz CT molecular complexity index is 434. The number of aryl methyl sites for hydroxylation is 1. The fourth-order valence-electron chi connectivity index (χ4n) is 1.93. The topological polar surface area (TPSA) is 39.2 Å². The van der Waals surface area contributed by atoms with Gasteiger partial charge in [0.05, 0.1) is 6.26 Å². The first-order valence-corrected chi connectivity index (χ1v) is 5.58. The maximum absolute atomic E-state index is 5.83. The van der Waals surface area contributed by atoms with Gasteiger partial charge in [-0.05, 0) is 31.2 Å². The van der Waals surface area contributed by atoms with E-state index in [2.05, 4.69) is 31.2 Å². The second-order valence-corrected chi connectivity index (χ2v) is 4.13. The number of furan rings is 1. The number of nitrogens with two attached hydrogens (primary N) is 1. The number of hydrogen-bond donors (Lipinski definition) is 1. The summed E-state index contributed by atoms with van der Waals surface area (Å²) in [5.41, 5.74) is 8.39. The largest absolute Gasteiger partial charge is 0.469 e. The highest BCUT2D eigenvalue weighted by molar-refractivity contribution is 5.26. The van der Waals surface area contributed by atoms with Gasteiger partial charge in [0.15, 0.2) is 0 Å². The van der Waals surface area contributed by atoms with E-state index in [1.54, 1.807) is 6.26 Å². The van der Waals surface area contributed by atoms with Crippen LogP contribution >= 0.6 is 0 Å². The molecule has 0 bridgehead atoms. The molecule has 84 valence electrons. The van der Waals surface area contributed by atoms with Crippen LogP contribution in [0.3, 0.4) is 0 Å². The molecule has 1 aromatic carbocycles. The van der Waals surface area contributed by atoms with E-state index in [4.69, 9.17) is 10.2 Å². The van der Waals surface area contributed by atoms with E-state index in [1.807, 2.05) is 12.1 Å². The van der Waals surface area contributed by atoms with Crippen molar-refractivity contribution in [3.8, 4) is 0 Å². The van der Waals surface area contributed by atoms with E-state index in [1.165, 1.54) is 11.1 Å². The molecule has 0 spiro atoms. The fourth-order valence-corrected chi connectivity index (χ4v) is 1.93. The van der Waals surface area contributed by atoms with Gasteiger partial charge in [0.1, 0.15) is 5.76 Å². The van der Waals surface area contributed by atoms with Gasteiger partial charge in [0, 0.05) is 12.3 Å². The quantitative estimate of drug-likeness (QED) is 0.851. The highest BCUT2D eigenvalue weighted by Gasteiger charge is 2.12. The lowest BCUT2D eigenvalue weighted by molar-refractivity contribution is 0.487. The minimum atomic E-state index is 0.339. The van der Waals surface area contributed by atoms with Crippen molar-refractivity contribution >= 4 is 0 Å². The van der Waals surface area contributed by atoms with Gasteiger partial charge in [0.25, 0.3) is 0 Å². The Kier molecular flexibility index (Phi) is 3.42. The summed E-state index contributed by atoms with van der Waals surface area (Å²) in [4.78, 5) is 0. The first-order valence-electron chi connectivity index (χ1n) is 5.58. The summed E-state index contributed by atoms with van der Waals surface area (Å²) in [6.45, 7) is 2.74. The first-order chi connectivity index (χ1) is 7.79. The SMILES string of the molecule is Cc1cccc(C(CN)Cc2ccco2)c1. The van der Waals surface area contributed by atoms with Crippen molar-refractivity contribution in [1.29, 1.82) is 0 Å². The highest BCUT2D eigenvalue weighted by atomic mass is 16.3. The van der Waals surface area contributed by atoms with Crippen LogP contribution in [0.15, 0.2) is 47.1 Å². The number of hydrogen-bond acceptors (Lipinski definition) is 2. The van der Waals surface area contributed by atoms with E-state index < -0.39 is 0 Å². The molecular formula is C14H17NO. The molecular weight excluding hydrogens is 198 g/mol. The van der Waals surface area contributed by atoms with Crippen LogP contribution in [-0.4, -0.2) is 6.54 Å². The summed E-state index contributed by atoms with van der Waals surface area (Å²) in [7, 11) is 0. The van der Waals surface area contributed by atoms with E-state index in [9.17, 15) is 0 Å². The molecule has 2 aromatic rings. The van der Waals surface area contributed by atoms with Crippen LogP contribution in [0.25, 0.3) is 0 Å². The monoisotopic (exact) mass is 215 g/mol. The van der Waals surface area contributed by atoms with Gasteiger partial charge in [-0.25, -0.2) is 0 Å². The zero-order valence-corrected chi connectivity index (χ0v) is 9.52. The molecule has 1 aromatic heterocycles. The smallest absolute Gasteiger partial charge is 0.104 e. The van der Waals surface area contributed by atoms with Gasteiger partial charge >= 0.3 is 0 Å². The Morgan fingerprint density at radius 1 is 1.25 bits per heavy atom. The van der Waals surface area contributed by atoms with Crippen molar-refractivity contribution < 1.29 is 4.42 Å². The van der Waals surface area contributed by atoms with Gasteiger partial charge in [-0.1, -0.05) is 29.8 Å². The molecule has 0 radical (unpaired) electrons. The van der Waals surface area contributed by atoms with Gasteiger partial charge < -0.3 is 10.2 Å². The molecule has 2 heteroatoms. The Hall–Kier alpha value is -1.54. The summed E-state index contributed by atoms with van der Waals surface area (Å²) < 4.78 is 5.36. The first kappa shape index (κ1) is 11.0.